The maximum absolute atomic E-state index is 12.0. The minimum Gasteiger partial charge on any atom is -0.484 e. The first-order chi connectivity index (χ1) is 12.0. The van der Waals surface area contributed by atoms with Crippen molar-refractivity contribution in [3.05, 3.63) is 53.6 Å². The molecule has 1 saturated heterocycles. The number of hydrogen-bond donors (Lipinski definition) is 1. The molecule has 2 aromatic carbocycles. The number of ether oxygens (including phenoxy) is 1. The second-order valence-corrected chi connectivity index (χ2v) is 7.98. The van der Waals surface area contributed by atoms with Gasteiger partial charge >= 0.3 is 0 Å². The predicted molar refractivity (Wildman–Crippen MR) is 97.8 cm³/mol. The highest BCUT2D eigenvalue weighted by Crippen LogP contribution is 2.33. The number of benzene rings is 2. The lowest BCUT2D eigenvalue weighted by molar-refractivity contribution is -0.118. The summed E-state index contributed by atoms with van der Waals surface area (Å²) in [6.45, 7) is 0.280. The number of para-hydroxylation sites is 1. The molecule has 0 unspecified atom stereocenters. The summed E-state index contributed by atoms with van der Waals surface area (Å²) in [6.07, 6.45) is 0.577. The van der Waals surface area contributed by atoms with Gasteiger partial charge in [-0.2, -0.15) is 0 Å². The summed E-state index contributed by atoms with van der Waals surface area (Å²) >= 11 is 6.20. The number of sulfonamides is 1. The quantitative estimate of drug-likeness (QED) is 0.865. The molecule has 0 aromatic heterocycles. The standard InChI is InChI=1S/C17H17ClN2O4S/c18-15-11-13(7-8-16(15)20-9-4-10-25(20,22)23)19-17(21)12-24-14-5-2-1-3-6-14/h1-3,5-8,11H,4,9-10,12H2,(H,19,21). The molecule has 8 heteroatoms. The molecular weight excluding hydrogens is 364 g/mol. The van der Waals surface area contributed by atoms with Crippen LogP contribution >= 0.6 is 11.6 Å². The van der Waals surface area contributed by atoms with E-state index in [1.165, 1.54) is 10.4 Å². The zero-order chi connectivity index (χ0) is 17.9. The third kappa shape index (κ3) is 4.24. The lowest BCUT2D eigenvalue weighted by Crippen LogP contribution is -2.25. The molecule has 1 fully saturated rings. The minimum absolute atomic E-state index is 0.124. The second-order valence-electron chi connectivity index (χ2n) is 5.56. The molecule has 0 spiro atoms. The molecule has 1 N–H and O–H groups in total. The van der Waals surface area contributed by atoms with Crippen LogP contribution in [0.4, 0.5) is 11.4 Å². The Morgan fingerprint density at radius 2 is 1.96 bits per heavy atom. The van der Waals surface area contributed by atoms with Crippen LogP contribution in [0.3, 0.4) is 0 Å². The topological polar surface area (TPSA) is 75.7 Å². The zero-order valence-electron chi connectivity index (χ0n) is 13.3. The smallest absolute Gasteiger partial charge is 0.262 e. The molecule has 0 bridgehead atoms. The predicted octanol–water partition coefficient (Wildman–Crippen LogP) is 2.90. The van der Waals surface area contributed by atoms with Gasteiger partial charge in [0.05, 0.1) is 16.5 Å². The van der Waals surface area contributed by atoms with Crippen molar-refractivity contribution in [3.8, 4) is 5.75 Å². The first kappa shape index (κ1) is 17.6. The summed E-state index contributed by atoms with van der Waals surface area (Å²) < 4.78 is 30.6. The Kier molecular flexibility index (Phi) is 5.15. The fourth-order valence-corrected chi connectivity index (χ4v) is 4.47. The zero-order valence-corrected chi connectivity index (χ0v) is 14.9. The Morgan fingerprint density at radius 3 is 2.60 bits per heavy atom. The van der Waals surface area contributed by atoms with Crippen LogP contribution in [0.15, 0.2) is 48.5 Å². The molecule has 2 aromatic rings. The highest BCUT2D eigenvalue weighted by Gasteiger charge is 2.29. The van der Waals surface area contributed by atoms with E-state index >= 15 is 0 Å². The molecule has 1 heterocycles. The molecule has 1 aliphatic rings. The van der Waals surface area contributed by atoms with Gasteiger partial charge in [-0.3, -0.25) is 9.10 Å². The summed E-state index contributed by atoms with van der Waals surface area (Å²) in [5, 5.41) is 2.95. The van der Waals surface area contributed by atoms with Crippen molar-refractivity contribution in [1.82, 2.24) is 0 Å². The molecule has 3 rings (SSSR count). The van der Waals surface area contributed by atoms with Gasteiger partial charge in [-0.1, -0.05) is 29.8 Å². The van der Waals surface area contributed by atoms with Crippen LogP contribution in [0, 0.1) is 0 Å². The van der Waals surface area contributed by atoms with E-state index in [1.54, 1.807) is 24.3 Å². The van der Waals surface area contributed by atoms with E-state index in [0.717, 1.165) is 0 Å². The Labute approximate surface area is 151 Å². The molecule has 25 heavy (non-hydrogen) atoms. The van der Waals surface area contributed by atoms with Gasteiger partial charge in [0, 0.05) is 12.2 Å². The molecule has 0 atom stereocenters. The number of anilines is 2. The Bertz CT molecular complexity index is 871. The number of hydrogen-bond acceptors (Lipinski definition) is 4. The van der Waals surface area contributed by atoms with Gasteiger partial charge in [0.1, 0.15) is 5.75 Å². The molecule has 1 aliphatic heterocycles. The molecule has 1 amide bonds. The van der Waals surface area contributed by atoms with Gasteiger partial charge in [0.25, 0.3) is 5.91 Å². The van der Waals surface area contributed by atoms with Crippen molar-refractivity contribution >= 4 is 38.9 Å². The van der Waals surface area contributed by atoms with Crippen LogP contribution in [0.1, 0.15) is 6.42 Å². The summed E-state index contributed by atoms with van der Waals surface area (Å²) in [5.41, 5.74) is 0.907. The lowest BCUT2D eigenvalue weighted by Gasteiger charge is -2.19. The molecule has 6 nitrogen and oxygen atoms in total. The van der Waals surface area contributed by atoms with Crippen molar-refractivity contribution in [2.45, 2.75) is 6.42 Å². The third-order valence-electron chi connectivity index (χ3n) is 3.71. The Hall–Kier alpha value is -2.25. The van der Waals surface area contributed by atoms with Crippen molar-refractivity contribution in [2.24, 2.45) is 0 Å². The van der Waals surface area contributed by atoms with Gasteiger partial charge < -0.3 is 10.1 Å². The molecular formula is C17H17ClN2O4S. The van der Waals surface area contributed by atoms with Gasteiger partial charge in [-0.15, -0.1) is 0 Å². The Morgan fingerprint density at radius 1 is 1.20 bits per heavy atom. The van der Waals surface area contributed by atoms with Gasteiger partial charge in [-0.25, -0.2) is 8.42 Å². The summed E-state index contributed by atoms with van der Waals surface area (Å²) in [6, 6.07) is 13.8. The maximum Gasteiger partial charge on any atom is 0.262 e. The summed E-state index contributed by atoms with van der Waals surface area (Å²) in [5.74, 6) is 0.394. The number of carbonyl (C=O) groups is 1. The third-order valence-corrected chi connectivity index (χ3v) is 5.87. The first-order valence-electron chi connectivity index (χ1n) is 7.73. The number of nitrogens with zero attached hydrogens (tertiary/aromatic N) is 1. The minimum atomic E-state index is -3.30. The average molecular weight is 381 g/mol. The van der Waals surface area contributed by atoms with E-state index in [0.29, 0.717) is 30.1 Å². The van der Waals surface area contributed by atoms with Crippen LogP contribution in [-0.4, -0.2) is 33.2 Å². The van der Waals surface area contributed by atoms with E-state index in [4.69, 9.17) is 16.3 Å². The Balaban J connectivity index is 1.64. The fourth-order valence-electron chi connectivity index (χ4n) is 2.56. The van der Waals surface area contributed by atoms with Crippen molar-refractivity contribution in [1.29, 1.82) is 0 Å². The molecule has 0 aliphatic carbocycles. The summed E-state index contributed by atoms with van der Waals surface area (Å²) in [7, 11) is -3.30. The molecule has 132 valence electrons. The number of nitrogens with one attached hydrogen (secondary N) is 1. The van der Waals surface area contributed by atoms with Crippen LogP contribution in [0.2, 0.25) is 5.02 Å². The van der Waals surface area contributed by atoms with E-state index in [9.17, 15) is 13.2 Å². The normalized spacial score (nSPS) is 15.8. The van der Waals surface area contributed by atoms with E-state index in [-0.39, 0.29) is 23.3 Å². The van der Waals surface area contributed by atoms with E-state index < -0.39 is 10.0 Å². The highest BCUT2D eigenvalue weighted by atomic mass is 35.5. The number of rotatable bonds is 5. The molecule has 0 saturated carbocycles. The van der Waals surface area contributed by atoms with Crippen molar-refractivity contribution < 1.29 is 17.9 Å². The molecule has 0 radical (unpaired) electrons. The monoisotopic (exact) mass is 380 g/mol. The number of amides is 1. The summed E-state index contributed by atoms with van der Waals surface area (Å²) in [4.78, 5) is 12.0. The SMILES string of the molecule is O=C(COc1ccccc1)Nc1ccc(N2CCCS2(=O)=O)c(Cl)c1. The van der Waals surface area contributed by atoms with Crippen LogP contribution in [0.5, 0.6) is 5.75 Å². The van der Waals surface area contributed by atoms with Crippen LogP contribution in [-0.2, 0) is 14.8 Å². The number of carbonyl (C=O) groups excluding carboxylic acids is 1. The first-order valence-corrected chi connectivity index (χ1v) is 9.72. The van der Waals surface area contributed by atoms with E-state index in [1.807, 2.05) is 18.2 Å². The maximum atomic E-state index is 12.0. The van der Waals surface area contributed by atoms with Crippen molar-refractivity contribution in [2.75, 3.05) is 28.5 Å². The van der Waals surface area contributed by atoms with Crippen LogP contribution < -0.4 is 14.4 Å². The van der Waals surface area contributed by atoms with Crippen LogP contribution in [0.25, 0.3) is 0 Å². The van der Waals surface area contributed by atoms with Crippen molar-refractivity contribution in [3.63, 3.8) is 0 Å². The lowest BCUT2D eigenvalue weighted by atomic mass is 10.2. The van der Waals surface area contributed by atoms with E-state index in [2.05, 4.69) is 5.32 Å². The highest BCUT2D eigenvalue weighted by molar-refractivity contribution is 7.93. The fraction of sp³-hybridized carbons (Fsp3) is 0.235. The van der Waals surface area contributed by atoms with Gasteiger partial charge in [-0.05, 0) is 36.8 Å². The largest absolute Gasteiger partial charge is 0.484 e. The average Bonchev–Trinajstić information content (AvgIpc) is 2.93. The van der Waals surface area contributed by atoms with Gasteiger partial charge in [0.15, 0.2) is 6.61 Å². The second kappa shape index (κ2) is 7.33. The van der Waals surface area contributed by atoms with Gasteiger partial charge in [0.2, 0.25) is 10.0 Å². The number of halogens is 1.